The number of hydrogen-bond donors (Lipinski definition) is 0. The van der Waals surface area contributed by atoms with E-state index in [0.29, 0.717) is 6.42 Å². The van der Waals surface area contributed by atoms with E-state index in [1.807, 2.05) is 0 Å². The van der Waals surface area contributed by atoms with Gasteiger partial charge < -0.3 is 5.11 Å². The lowest BCUT2D eigenvalue weighted by Crippen LogP contribution is -2.00. The van der Waals surface area contributed by atoms with Crippen LogP contribution in [0.3, 0.4) is 0 Å². The van der Waals surface area contributed by atoms with Crippen LogP contribution in [0.4, 0.5) is 0 Å². The van der Waals surface area contributed by atoms with Crippen molar-refractivity contribution in [2.24, 2.45) is 0 Å². The van der Waals surface area contributed by atoms with Crippen LogP contribution in [0.5, 0.6) is 0 Å². The third-order valence-electron chi connectivity index (χ3n) is 1.06. The van der Waals surface area contributed by atoms with E-state index in [4.69, 9.17) is 0 Å². The largest absolute Gasteiger partial charge is 0.876 e. The Kier molecular flexibility index (Phi) is 4.42. The zero-order valence-electron chi connectivity index (χ0n) is 5.44. The summed E-state index contributed by atoms with van der Waals surface area (Å²) in [5.41, 5.74) is 0. The minimum absolute atomic E-state index is 0.0680. The molecule has 0 amide bonds. The summed E-state index contributed by atoms with van der Waals surface area (Å²) in [6.45, 7) is 5.39. The van der Waals surface area contributed by atoms with Gasteiger partial charge in [0.15, 0.2) is 0 Å². The fourth-order valence-electron chi connectivity index (χ4n) is 0.572. The van der Waals surface area contributed by atoms with Gasteiger partial charge in [0.25, 0.3) is 0 Å². The fourth-order valence-corrected chi connectivity index (χ4v) is 0.572. The van der Waals surface area contributed by atoms with Gasteiger partial charge in [0, 0.05) is 0 Å². The Morgan fingerprint density at radius 3 is 2.50 bits per heavy atom. The summed E-state index contributed by atoms with van der Waals surface area (Å²) in [7, 11) is 0. The molecule has 0 aromatic heterocycles. The van der Waals surface area contributed by atoms with Crippen LogP contribution in [0.1, 0.15) is 32.6 Å². The van der Waals surface area contributed by atoms with Gasteiger partial charge in [-0.05, 0) is 6.42 Å². The van der Waals surface area contributed by atoms with Crippen molar-refractivity contribution in [2.45, 2.75) is 32.6 Å². The molecule has 8 heavy (non-hydrogen) atoms. The lowest BCUT2D eigenvalue weighted by Gasteiger charge is -2.06. The highest BCUT2D eigenvalue weighted by Gasteiger charge is 1.80. The minimum Gasteiger partial charge on any atom is -0.876 e. The molecule has 1 nitrogen and oxygen atoms in total. The van der Waals surface area contributed by atoms with Crippen molar-refractivity contribution in [1.29, 1.82) is 0 Å². The predicted octanol–water partition coefficient (Wildman–Crippen LogP) is 1.44. The second kappa shape index (κ2) is 4.69. The predicted molar refractivity (Wildman–Crippen MR) is 33.3 cm³/mol. The van der Waals surface area contributed by atoms with E-state index >= 15 is 0 Å². The maximum absolute atomic E-state index is 10.2. The Morgan fingerprint density at radius 2 is 2.12 bits per heavy atom. The van der Waals surface area contributed by atoms with Crippen LogP contribution in [-0.4, -0.2) is 0 Å². The average Bonchev–Trinajstić information content (AvgIpc) is 1.66. The summed E-state index contributed by atoms with van der Waals surface area (Å²) >= 11 is 0. The summed E-state index contributed by atoms with van der Waals surface area (Å²) in [4.78, 5) is 0. The lowest BCUT2D eigenvalue weighted by atomic mass is 10.2. The smallest absolute Gasteiger partial charge is 0.0429 e. The van der Waals surface area contributed by atoms with Gasteiger partial charge in [-0.3, -0.25) is 0 Å². The first kappa shape index (κ1) is 7.54. The van der Waals surface area contributed by atoms with Gasteiger partial charge in [0.1, 0.15) is 0 Å². The van der Waals surface area contributed by atoms with E-state index in [1.54, 1.807) is 0 Å². The molecule has 0 saturated heterocycles. The molecule has 1 heteroatoms. The molecule has 0 radical (unpaired) electrons. The summed E-state index contributed by atoms with van der Waals surface area (Å²) in [6.07, 6.45) is 4.00. The summed E-state index contributed by atoms with van der Waals surface area (Å²) in [5, 5.41) is 10.2. The molecule has 0 aromatic rings. The van der Waals surface area contributed by atoms with Gasteiger partial charge in [-0.25, -0.2) is 0 Å². The first-order valence-electron chi connectivity index (χ1n) is 3.12. The monoisotopic (exact) mass is 113 g/mol. The van der Waals surface area contributed by atoms with Crippen molar-refractivity contribution in [3.63, 3.8) is 0 Å². The quantitative estimate of drug-likeness (QED) is 0.399. The molecule has 0 unspecified atom stereocenters. The van der Waals surface area contributed by atoms with Crippen LogP contribution in [0.25, 0.3) is 0 Å². The molecule has 0 heterocycles. The molecular formula is C7H13O-. The molecule has 0 N–H and O–H groups in total. The zero-order chi connectivity index (χ0) is 6.41. The van der Waals surface area contributed by atoms with Crippen molar-refractivity contribution < 1.29 is 5.11 Å². The first-order valence-corrected chi connectivity index (χ1v) is 3.12. The zero-order valence-corrected chi connectivity index (χ0v) is 5.44. The van der Waals surface area contributed by atoms with Crippen molar-refractivity contribution >= 4 is 0 Å². The van der Waals surface area contributed by atoms with E-state index < -0.39 is 0 Å². The SMILES string of the molecule is C=C([O-])CCCCC. The van der Waals surface area contributed by atoms with Crippen LogP contribution in [-0.2, 0) is 0 Å². The van der Waals surface area contributed by atoms with Gasteiger partial charge in [0.05, 0.1) is 0 Å². The summed E-state index contributed by atoms with van der Waals surface area (Å²) < 4.78 is 0. The van der Waals surface area contributed by atoms with E-state index in [0.717, 1.165) is 12.8 Å². The number of allylic oxidation sites excluding steroid dienone is 1. The van der Waals surface area contributed by atoms with Gasteiger partial charge in [-0.15, -0.1) is 12.3 Å². The Labute approximate surface area is 51.0 Å². The van der Waals surface area contributed by atoms with Crippen molar-refractivity contribution in [3.8, 4) is 0 Å². The summed E-state index contributed by atoms with van der Waals surface area (Å²) in [6, 6.07) is 0. The number of unbranched alkanes of at least 4 members (excludes halogenated alkanes) is 2. The Bertz CT molecular complexity index is 66.8. The maximum Gasteiger partial charge on any atom is -0.0429 e. The van der Waals surface area contributed by atoms with Crippen molar-refractivity contribution in [1.82, 2.24) is 0 Å². The summed E-state index contributed by atoms with van der Waals surface area (Å²) in [5.74, 6) is 0.0680. The number of rotatable bonds is 4. The standard InChI is InChI=1S/C7H14O/c1-3-4-5-6-7(2)8/h8H,2-6H2,1H3/p-1. The topological polar surface area (TPSA) is 23.1 Å². The van der Waals surface area contributed by atoms with E-state index in [1.165, 1.54) is 6.42 Å². The molecule has 48 valence electrons. The molecule has 0 fully saturated rings. The molecule has 0 saturated carbocycles. The molecule has 0 aliphatic rings. The Hall–Kier alpha value is -0.460. The normalized spacial score (nSPS) is 9.12. The van der Waals surface area contributed by atoms with Crippen LogP contribution < -0.4 is 5.11 Å². The molecule has 0 bridgehead atoms. The van der Waals surface area contributed by atoms with Gasteiger partial charge in [-0.2, -0.15) is 0 Å². The molecule has 0 aliphatic carbocycles. The Morgan fingerprint density at radius 1 is 1.50 bits per heavy atom. The highest BCUT2D eigenvalue weighted by molar-refractivity contribution is 4.75. The average molecular weight is 113 g/mol. The van der Waals surface area contributed by atoms with Crippen LogP contribution >= 0.6 is 0 Å². The minimum atomic E-state index is 0.0680. The van der Waals surface area contributed by atoms with Crippen LogP contribution in [0, 0.1) is 0 Å². The third kappa shape index (κ3) is 5.54. The molecule has 0 spiro atoms. The van der Waals surface area contributed by atoms with Crippen molar-refractivity contribution in [2.75, 3.05) is 0 Å². The highest BCUT2D eigenvalue weighted by Crippen LogP contribution is 2.00. The third-order valence-corrected chi connectivity index (χ3v) is 1.06. The van der Waals surface area contributed by atoms with Gasteiger partial charge in [-0.1, -0.05) is 26.2 Å². The second-order valence-corrected chi connectivity index (χ2v) is 2.00. The highest BCUT2D eigenvalue weighted by atomic mass is 16.3. The van der Waals surface area contributed by atoms with Crippen LogP contribution in [0.15, 0.2) is 12.3 Å². The van der Waals surface area contributed by atoms with Crippen LogP contribution in [0.2, 0.25) is 0 Å². The van der Waals surface area contributed by atoms with E-state index in [9.17, 15) is 5.11 Å². The van der Waals surface area contributed by atoms with E-state index in [-0.39, 0.29) is 5.76 Å². The van der Waals surface area contributed by atoms with Gasteiger partial charge in [0.2, 0.25) is 0 Å². The molecule has 0 aliphatic heterocycles. The van der Waals surface area contributed by atoms with Crippen molar-refractivity contribution in [3.05, 3.63) is 12.3 Å². The maximum atomic E-state index is 10.2. The second-order valence-electron chi connectivity index (χ2n) is 2.00. The first-order chi connectivity index (χ1) is 3.77. The molecule has 0 rings (SSSR count). The fraction of sp³-hybridized carbons (Fsp3) is 0.714. The lowest BCUT2D eigenvalue weighted by molar-refractivity contribution is -0.306. The molecule has 0 atom stereocenters. The Balaban J connectivity index is 2.82. The molecular weight excluding hydrogens is 100 g/mol. The van der Waals surface area contributed by atoms with E-state index in [2.05, 4.69) is 13.5 Å². The number of hydrogen-bond acceptors (Lipinski definition) is 1. The van der Waals surface area contributed by atoms with Gasteiger partial charge >= 0.3 is 0 Å². The molecule has 0 aromatic carbocycles.